The van der Waals surface area contributed by atoms with Crippen molar-refractivity contribution in [2.24, 2.45) is 4.99 Å². The fourth-order valence-electron chi connectivity index (χ4n) is 2.05. The predicted octanol–water partition coefficient (Wildman–Crippen LogP) is 4.09. The van der Waals surface area contributed by atoms with Crippen molar-refractivity contribution in [3.05, 3.63) is 48.8 Å². The van der Waals surface area contributed by atoms with Gasteiger partial charge in [-0.2, -0.15) is 4.99 Å². The van der Waals surface area contributed by atoms with E-state index in [-0.39, 0.29) is 12.5 Å². The zero-order valence-corrected chi connectivity index (χ0v) is 16.3. The van der Waals surface area contributed by atoms with Crippen LogP contribution < -0.4 is 4.80 Å². The molecule has 24 heavy (non-hydrogen) atoms. The molecular formula is C15H10BrClN2O3S2. The molecule has 2 aromatic heterocycles. The van der Waals surface area contributed by atoms with Gasteiger partial charge in [0.05, 0.1) is 26.0 Å². The van der Waals surface area contributed by atoms with Crippen molar-refractivity contribution in [3.63, 3.8) is 0 Å². The molecule has 5 nitrogen and oxygen atoms in total. The number of hydrogen-bond donors (Lipinski definition) is 0. The fourth-order valence-corrected chi connectivity index (χ4v) is 4.62. The van der Waals surface area contributed by atoms with Crippen molar-refractivity contribution >= 4 is 72.3 Å². The highest BCUT2D eigenvalue weighted by Gasteiger charge is 2.13. The Morgan fingerprint density at radius 3 is 2.75 bits per heavy atom. The molecule has 0 saturated heterocycles. The van der Waals surface area contributed by atoms with E-state index in [0.29, 0.717) is 14.7 Å². The molecule has 0 aliphatic heterocycles. The number of fused-ring (bicyclic) bond motifs is 1. The quantitative estimate of drug-likeness (QED) is 0.570. The van der Waals surface area contributed by atoms with Gasteiger partial charge in [-0.3, -0.25) is 9.59 Å². The smallest absolute Gasteiger partial charge is 0.325 e. The number of thiophene rings is 1. The van der Waals surface area contributed by atoms with E-state index in [4.69, 9.17) is 16.3 Å². The summed E-state index contributed by atoms with van der Waals surface area (Å²) in [4.78, 5) is 29.2. The largest absolute Gasteiger partial charge is 0.468 e. The second-order valence-corrected chi connectivity index (χ2v) is 8.59. The lowest BCUT2D eigenvalue weighted by Crippen LogP contribution is -2.22. The van der Waals surface area contributed by atoms with Gasteiger partial charge in [-0.25, -0.2) is 0 Å². The van der Waals surface area contributed by atoms with Gasteiger partial charge in [-0.1, -0.05) is 22.9 Å². The van der Waals surface area contributed by atoms with Crippen LogP contribution in [-0.2, 0) is 16.1 Å². The van der Waals surface area contributed by atoms with Crippen LogP contribution in [0.3, 0.4) is 0 Å². The Balaban J connectivity index is 2.14. The van der Waals surface area contributed by atoms with Gasteiger partial charge in [-0.15, -0.1) is 11.3 Å². The third-order valence-electron chi connectivity index (χ3n) is 3.14. The number of nitrogens with zero attached hydrogens (tertiary/aromatic N) is 2. The zero-order valence-electron chi connectivity index (χ0n) is 12.3. The number of hydrogen-bond acceptors (Lipinski definition) is 5. The summed E-state index contributed by atoms with van der Waals surface area (Å²) in [6, 6.07) is 8.80. The van der Waals surface area contributed by atoms with Crippen molar-refractivity contribution in [1.29, 1.82) is 0 Å². The van der Waals surface area contributed by atoms with E-state index in [1.54, 1.807) is 34.9 Å². The number of benzene rings is 1. The van der Waals surface area contributed by atoms with E-state index in [1.807, 2.05) is 0 Å². The van der Waals surface area contributed by atoms with Crippen LogP contribution in [-0.4, -0.2) is 23.6 Å². The van der Waals surface area contributed by atoms with E-state index in [9.17, 15) is 9.59 Å². The molecule has 1 aromatic carbocycles. The molecule has 2 heterocycles. The molecule has 1 amide bonds. The minimum absolute atomic E-state index is 0.0294. The molecule has 0 bridgehead atoms. The topological polar surface area (TPSA) is 60.7 Å². The van der Waals surface area contributed by atoms with Gasteiger partial charge in [0, 0.05) is 5.02 Å². The Morgan fingerprint density at radius 2 is 2.08 bits per heavy atom. The Kier molecular flexibility index (Phi) is 5.19. The lowest BCUT2D eigenvalue weighted by Gasteiger charge is -2.03. The fraction of sp³-hybridized carbons (Fsp3) is 0.133. The molecule has 0 unspecified atom stereocenters. The van der Waals surface area contributed by atoms with Gasteiger partial charge in [0.1, 0.15) is 6.54 Å². The van der Waals surface area contributed by atoms with Crippen molar-refractivity contribution in [3.8, 4) is 0 Å². The summed E-state index contributed by atoms with van der Waals surface area (Å²) in [5, 5.41) is 0.578. The SMILES string of the molecule is COC(=O)Cn1c(=NC(=O)c2ccc(Br)s2)sc2cc(Cl)ccc21. The van der Waals surface area contributed by atoms with Crippen molar-refractivity contribution < 1.29 is 14.3 Å². The first kappa shape index (κ1) is 17.3. The highest BCUT2D eigenvalue weighted by atomic mass is 79.9. The van der Waals surface area contributed by atoms with Crippen LogP contribution >= 0.6 is 50.2 Å². The normalized spacial score (nSPS) is 11.9. The summed E-state index contributed by atoms with van der Waals surface area (Å²) < 4.78 is 8.08. The van der Waals surface area contributed by atoms with E-state index in [2.05, 4.69) is 20.9 Å². The molecule has 0 radical (unpaired) electrons. The molecule has 0 spiro atoms. The van der Waals surface area contributed by atoms with E-state index < -0.39 is 5.97 Å². The van der Waals surface area contributed by atoms with Crippen LogP contribution in [0.2, 0.25) is 5.02 Å². The third-order valence-corrected chi connectivity index (χ3v) is 6.03. The first-order chi connectivity index (χ1) is 11.5. The molecule has 0 aliphatic rings. The molecule has 3 rings (SSSR count). The molecule has 0 atom stereocenters. The average molecular weight is 446 g/mol. The maximum Gasteiger partial charge on any atom is 0.325 e. The molecule has 0 aliphatic carbocycles. The highest BCUT2D eigenvalue weighted by molar-refractivity contribution is 9.11. The molecule has 0 fully saturated rings. The van der Waals surface area contributed by atoms with E-state index >= 15 is 0 Å². The number of ether oxygens (including phenoxy) is 1. The van der Waals surface area contributed by atoms with Gasteiger partial charge in [0.2, 0.25) is 0 Å². The average Bonchev–Trinajstić information content (AvgIpc) is 3.11. The number of carbonyl (C=O) groups is 2. The van der Waals surface area contributed by atoms with Crippen LogP contribution in [0.4, 0.5) is 0 Å². The standard InChI is InChI=1S/C15H10BrClN2O3S2/c1-22-13(20)7-19-9-3-2-8(17)6-11(9)24-15(19)18-14(21)10-4-5-12(16)23-10/h2-6H,7H2,1H3. The summed E-state index contributed by atoms with van der Waals surface area (Å²) in [5.41, 5.74) is 0.772. The molecular weight excluding hydrogens is 436 g/mol. The molecule has 0 N–H and O–H groups in total. The number of carbonyl (C=O) groups excluding carboxylic acids is 2. The van der Waals surface area contributed by atoms with Gasteiger partial charge in [0.15, 0.2) is 4.80 Å². The number of thiazole rings is 1. The Labute approximate surface area is 158 Å². The predicted molar refractivity (Wildman–Crippen MR) is 98.8 cm³/mol. The van der Waals surface area contributed by atoms with Crippen LogP contribution in [0, 0.1) is 0 Å². The molecule has 0 saturated carbocycles. The van der Waals surface area contributed by atoms with Crippen LogP contribution in [0.1, 0.15) is 9.67 Å². The summed E-state index contributed by atoms with van der Waals surface area (Å²) >= 11 is 11.9. The number of methoxy groups -OCH3 is 1. The molecule has 124 valence electrons. The van der Waals surface area contributed by atoms with E-state index in [0.717, 1.165) is 14.0 Å². The summed E-state index contributed by atoms with van der Waals surface area (Å²) in [7, 11) is 1.32. The number of rotatable bonds is 3. The van der Waals surface area contributed by atoms with Crippen LogP contribution in [0.25, 0.3) is 10.2 Å². The second kappa shape index (κ2) is 7.18. The van der Waals surface area contributed by atoms with Crippen molar-refractivity contribution in [2.45, 2.75) is 6.54 Å². The summed E-state index contributed by atoms with van der Waals surface area (Å²) in [6.07, 6.45) is 0. The van der Waals surface area contributed by atoms with Crippen LogP contribution in [0.5, 0.6) is 0 Å². The first-order valence-electron chi connectivity index (χ1n) is 6.68. The summed E-state index contributed by atoms with van der Waals surface area (Å²) in [5.74, 6) is -0.778. The minimum Gasteiger partial charge on any atom is -0.468 e. The van der Waals surface area contributed by atoms with Crippen LogP contribution in [0.15, 0.2) is 39.1 Å². The Hall–Kier alpha value is -1.48. The lowest BCUT2D eigenvalue weighted by atomic mass is 10.3. The van der Waals surface area contributed by atoms with Gasteiger partial charge >= 0.3 is 5.97 Å². The number of aromatic nitrogens is 1. The monoisotopic (exact) mass is 444 g/mol. The zero-order chi connectivity index (χ0) is 17.3. The highest BCUT2D eigenvalue weighted by Crippen LogP contribution is 2.24. The van der Waals surface area contributed by atoms with Gasteiger partial charge in [0.25, 0.3) is 5.91 Å². The van der Waals surface area contributed by atoms with E-state index in [1.165, 1.54) is 29.8 Å². The summed E-state index contributed by atoms with van der Waals surface area (Å²) in [6.45, 7) is -0.0294. The molecule has 9 heteroatoms. The maximum atomic E-state index is 12.4. The Morgan fingerprint density at radius 1 is 1.29 bits per heavy atom. The lowest BCUT2D eigenvalue weighted by molar-refractivity contribution is -0.141. The number of esters is 1. The van der Waals surface area contributed by atoms with Crippen molar-refractivity contribution in [2.75, 3.05) is 7.11 Å². The second-order valence-electron chi connectivity index (χ2n) is 4.68. The maximum absolute atomic E-state index is 12.4. The molecule has 3 aromatic rings. The number of halogens is 2. The van der Waals surface area contributed by atoms with Crippen molar-refractivity contribution in [1.82, 2.24) is 4.57 Å². The first-order valence-corrected chi connectivity index (χ1v) is 9.48. The minimum atomic E-state index is -0.419. The van der Waals surface area contributed by atoms with Gasteiger partial charge in [-0.05, 0) is 46.3 Å². The number of amides is 1. The van der Waals surface area contributed by atoms with Gasteiger partial charge < -0.3 is 9.30 Å². The third kappa shape index (κ3) is 3.61. The Bertz CT molecular complexity index is 1010.